The number of methoxy groups -OCH3 is 1. The molecule has 29 heavy (non-hydrogen) atoms. The fourth-order valence-electron chi connectivity index (χ4n) is 3.51. The summed E-state index contributed by atoms with van der Waals surface area (Å²) in [5, 5.41) is 3.37. The van der Waals surface area contributed by atoms with Crippen molar-refractivity contribution in [1.82, 2.24) is 14.8 Å². The first-order valence-electron chi connectivity index (χ1n) is 9.12. The van der Waals surface area contributed by atoms with Crippen molar-refractivity contribution in [3.8, 4) is 5.75 Å². The molecule has 2 aromatic carbocycles. The Balaban J connectivity index is 2.10. The number of sulfonamides is 2. The van der Waals surface area contributed by atoms with Crippen LogP contribution in [0.25, 0.3) is 0 Å². The number of benzene rings is 2. The Morgan fingerprint density at radius 2 is 1.66 bits per heavy atom. The molecule has 0 bridgehead atoms. The minimum atomic E-state index is -3.66. The molecule has 1 unspecified atom stereocenters. The smallest absolute Gasteiger partial charge is 0.244 e. The molecule has 0 spiro atoms. The predicted molar refractivity (Wildman–Crippen MR) is 110 cm³/mol. The van der Waals surface area contributed by atoms with E-state index in [-0.39, 0.29) is 21.5 Å². The van der Waals surface area contributed by atoms with E-state index < -0.39 is 20.0 Å². The lowest BCUT2D eigenvalue weighted by Gasteiger charge is -2.21. The monoisotopic (exact) mass is 439 g/mol. The van der Waals surface area contributed by atoms with Gasteiger partial charge >= 0.3 is 0 Å². The summed E-state index contributed by atoms with van der Waals surface area (Å²) in [7, 11) is -2.99. The van der Waals surface area contributed by atoms with Crippen LogP contribution < -0.4 is 19.5 Å². The highest BCUT2D eigenvalue weighted by Gasteiger charge is 2.26. The second-order valence-electron chi connectivity index (χ2n) is 6.69. The van der Waals surface area contributed by atoms with Crippen LogP contribution >= 0.6 is 0 Å². The third-order valence-corrected chi connectivity index (χ3v) is 8.01. The average Bonchev–Trinajstić information content (AvgIpc) is 2.94. The molecule has 3 N–H and O–H groups in total. The van der Waals surface area contributed by atoms with Gasteiger partial charge in [-0.15, -0.1) is 0 Å². The molecule has 1 aliphatic heterocycles. The van der Waals surface area contributed by atoms with Crippen molar-refractivity contribution in [2.75, 3.05) is 34.3 Å². The van der Waals surface area contributed by atoms with Gasteiger partial charge in [0.2, 0.25) is 20.0 Å². The summed E-state index contributed by atoms with van der Waals surface area (Å²) in [6.45, 7) is 1.35. The van der Waals surface area contributed by atoms with Crippen LogP contribution in [0.2, 0.25) is 0 Å². The largest absolute Gasteiger partial charge is 0.495 e. The van der Waals surface area contributed by atoms with E-state index in [1.54, 1.807) is 36.4 Å². The van der Waals surface area contributed by atoms with E-state index >= 15 is 0 Å². The van der Waals surface area contributed by atoms with Crippen molar-refractivity contribution >= 4 is 20.0 Å². The second-order valence-corrected chi connectivity index (χ2v) is 10.4. The Hall–Kier alpha value is -1.98. The van der Waals surface area contributed by atoms with Crippen LogP contribution in [0.5, 0.6) is 5.75 Å². The Bertz CT molecular complexity index is 1100. The highest BCUT2D eigenvalue weighted by atomic mass is 32.2. The fourth-order valence-corrected chi connectivity index (χ4v) is 5.17. The molecule has 158 valence electrons. The minimum absolute atomic E-state index is 0.0703. The fraction of sp³-hybridized carbons (Fsp3) is 0.368. The minimum Gasteiger partial charge on any atom is -0.495 e. The van der Waals surface area contributed by atoms with Crippen LogP contribution in [0.1, 0.15) is 22.6 Å². The van der Waals surface area contributed by atoms with Crippen LogP contribution in [0.3, 0.4) is 0 Å². The molecule has 1 heterocycles. The lowest BCUT2D eigenvalue weighted by atomic mass is 9.88. The maximum atomic E-state index is 12.4. The van der Waals surface area contributed by atoms with E-state index in [4.69, 9.17) is 4.74 Å². The Kier molecular flexibility index (Phi) is 6.30. The summed E-state index contributed by atoms with van der Waals surface area (Å²) in [5.41, 5.74) is 2.81. The third-order valence-electron chi connectivity index (χ3n) is 5.14. The van der Waals surface area contributed by atoms with Gasteiger partial charge in [0.05, 0.1) is 12.0 Å². The number of hydrogen-bond acceptors (Lipinski definition) is 6. The number of rotatable bonds is 6. The Morgan fingerprint density at radius 3 is 2.24 bits per heavy atom. The van der Waals surface area contributed by atoms with Crippen LogP contribution in [0.15, 0.2) is 46.2 Å². The normalized spacial score (nSPS) is 17.4. The number of fused-ring (bicyclic) bond motifs is 1. The van der Waals surface area contributed by atoms with E-state index in [1.165, 1.54) is 21.2 Å². The van der Waals surface area contributed by atoms with Gasteiger partial charge in [0.25, 0.3) is 0 Å². The maximum Gasteiger partial charge on any atom is 0.244 e. The molecule has 0 saturated carbocycles. The molecule has 2 aromatic rings. The molecule has 0 amide bonds. The molecule has 0 aliphatic carbocycles. The predicted octanol–water partition coefficient (Wildman–Crippen LogP) is 0.789. The van der Waals surface area contributed by atoms with Gasteiger partial charge in [0, 0.05) is 12.5 Å². The quantitative estimate of drug-likeness (QED) is 0.613. The van der Waals surface area contributed by atoms with Gasteiger partial charge in [-0.05, 0) is 68.0 Å². The maximum absolute atomic E-state index is 12.4. The van der Waals surface area contributed by atoms with Gasteiger partial charge in [0.15, 0.2) is 0 Å². The lowest BCUT2D eigenvalue weighted by Crippen LogP contribution is -2.21. The van der Waals surface area contributed by atoms with Gasteiger partial charge in [-0.2, -0.15) is 0 Å². The Labute approximate surface area is 171 Å². The van der Waals surface area contributed by atoms with Gasteiger partial charge in [-0.25, -0.2) is 26.3 Å². The molecular formula is C19H25N3O5S2. The molecule has 0 radical (unpaired) electrons. The van der Waals surface area contributed by atoms with E-state index in [0.717, 1.165) is 16.7 Å². The molecule has 0 aromatic heterocycles. The zero-order chi connectivity index (χ0) is 21.2. The van der Waals surface area contributed by atoms with E-state index in [2.05, 4.69) is 14.8 Å². The summed E-state index contributed by atoms with van der Waals surface area (Å²) in [5.74, 6) is 0.207. The van der Waals surface area contributed by atoms with E-state index in [9.17, 15) is 16.8 Å². The topological polar surface area (TPSA) is 114 Å². The molecule has 3 rings (SSSR count). The van der Waals surface area contributed by atoms with Crippen molar-refractivity contribution in [1.29, 1.82) is 0 Å². The third kappa shape index (κ3) is 4.31. The van der Waals surface area contributed by atoms with Crippen molar-refractivity contribution in [3.05, 3.63) is 53.1 Å². The summed E-state index contributed by atoms with van der Waals surface area (Å²) in [4.78, 5) is 0.302. The van der Waals surface area contributed by atoms with Crippen molar-refractivity contribution in [2.24, 2.45) is 0 Å². The first kappa shape index (κ1) is 21.7. The summed E-state index contributed by atoms with van der Waals surface area (Å²) in [6.07, 6.45) is 0.675. The first-order valence-corrected chi connectivity index (χ1v) is 12.1. The highest BCUT2D eigenvalue weighted by molar-refractivity contribution is 7.89. The second kappa shape index (κ2) is 8.41. The molecule has 8 nitrogen and oxygen atoms in total. The molecule has 0 saturated heterocycles. The number of nitrogens with one attached hydrogen (secondary N) is 3. The molecular weight excluding hydrogens is 414 g/mol. The standard InChI is InChI=1S/C19H25N3O5S2/c1-20-28(23,24)15-6-4-13(5-7-15)17-12-22-9-8-14-10-19(29(25,26)21-2)18(27-3)11-16(14)17/h4-7,10-11,17,20-22H,8-9,12H2,1-3H3. The van der Waals surface area contributed by atoms with Gasteiger partial charge in [0.1, 0.15) is 10.6 Å². The number of ether oxygens (including phenoxy) is 1. The van der Waals surface area contributed by atoms with Crippen LogP contribution in [-0.2, 0) is 26.5 Å². The molecule has 0 fully saturated rings. The number of hydrogen-bond donors (Lipinski definition) is 3. The van der Waals surface area contributed by atoms with Gasteiger partial charge < -0.3 is 10.1 Å². The van der Waals surface area contributed by atoms with Crippen molar-refractivity contribution < 1.29 is 21.6 Å². The van der Waals surface area contributed by atoms with Crippen LogP contribution in [-0.4, -0.2) is 51.1 Å². The summed E-state index contributed by atoms with van der Waals surface area (Å²) >= 11 is 0. The van der Waals surface area contributed by atoms with Crippen molar-refractivity contribution in [3.63, 3.8) is 0 Å². The first-order chi connectivity index (χ1) is 13.7. The molecule has 10 heteroatoms. The SMILES string of the molecule is CNS(=O)(=O)c1ccc(C2CNCCc3cc(S(=O)(=O)NC)c(OC)cc32)cc1. The molecule has 1 aliphatic rings. The lowest BCUT2D eigenvalue weighted by molar-refractivity contribution is 0.401. The van der Waals surface area contributed by atoms with Crippen LogP contribution in [0.4, 0.5) is 0 Å². The average molecular weight is 440 g/mol. The zero-order valence-electron chi connectivity index (χ0n) is 16.5. The summed E-state index contributed by atoms with van der Waals surface area (Å²) < 4.78 is 58.8. The van der Waals surface area contributed by atoms with E-state index in [1.807, 2.05) is 0 Å². The Morgan fingerprint density at radius 1 is 1.00 bits per heavy atom. The summed E-state index contributed by atoms with van der Waals surface area (Å²) in [6, 6.07) is 10.2. The highest BCUT2D eigenvalue weighted by Crippen LogP contribution is 2.36. The van der Waals surface area contributed by atoms with E-state index in [0.29, 0.717) is 19.5 Å². The van der Waals surface area contributed by atoms with Gasteiger partial charge in [-0.3, -0.25) is 0 Å². The van der Waals surface area contributed by atoms with Crippen LogP contribution in [0, 0.1) is 0 Å². The van der Waals surface area contributed by atoms with Gasteiger partial charge in [-0.1, -0.05) is 12.1 Å². The van der Waals surface area contributed by atoms with Crippen molar-refractivity contribution in [2.45, 2.75) is 22.1 Å². The zero-order valence-corrected chi connectivity index (χ0v) is 18.2. The molecule has 1 atom stereocenters.